The van der Waals surface area contributed by atoms with Crippen LogP contribution in [0.2, 0.25) is 0 Å². The first-order valence-electron chi connectivity index (χ1n) is 10.3. The van der Waals surface area contributed by atoms with E-state index >= 15 is 0 Å². The minimum absolute atomic E-state index is 0.210. The molecule has 10 heteroatoms. The smallest absolute Gasteiger partial charge is 0.339 e. The largest absolute Gasteiger partial charge is 0.444 e. The van der Waals surface area contributed by atoms with E-state index < -0.39 is 28.0 Å². The van der Waals surface area contributed by atoms with Crippen LogP contribution >= 0.6 is 0 Å². The van der Waals surface area contributed by atoms with E-state index in [0.29, 0.717) is 23.4 Å². The lowest BCUT2D eigenvalue weighted by molar-refractivity contribution is -0.125. The van der Waals surface area contributed by atoms with Gasteiger partial charge in [0.15, 0.2) is 5.82 Å². The van der Waals surface area contributed by atoms with Gasteiger partial charge in [0, 0.05) is 17.7 Å². The third kappa shape index (κ3) is 4.75. The number of nitrogens with zero attached hydrogens (tertiary/aromatic N) is 2. The normalized spacial score (nSPS) is 16.2. The summed E-state index contributed by atoms with van der Waals surface area (Å²) in [6, 6.07) is 14.6. The molecule has 0 bridgehead atoms. The molecule has 3 aromatic rings. The molecule has 2 atom stereocenters. The van der Waals surface area contributed by atoms with Gasteiger partial charge in [-0.25, -0.2) is 13.2 Å². The third-order valence-corrected chi connectivity index (χ3v) is 6.54. The molecule has 2 unspecified atom stereocenters. The molecule has 1 amide bonds. The van der Waals surface area contributed by atoms with Gasteiger partial charge >= 0.3 is 5.97 Å². The van der Waals surface area contributed by atoms with Crippen molar-refractivity contribution in [2.75, 3.05) is 15.9 Å². The second-order valence-corrected chi connectivity index (χ2v) is 9.82. The predicted molar refractivity (Wildman–Crippen MR) is 121 cm³/mol. The summed E-state index contributed by atoms with van der Waals surface area (Å²) in [4.78, 5) is 25.9. The highest BCUT2D eigenvalue weighted by Crippen LogP contribution is 2.35. The standard InChI is InChI=1S/C23H23N3O6S/c1-14-11-18-13-17(9-10-19(18)26(14)33(3,29)30)23(28)31-21(16-7-5-4-6-8-16)22(27)24-20-12-15(2)32-25-20/h4-10,12-14,21H,11H2,1-3H3,(H,24,25,27). The summed E-state index contributed by atoms with van der Waals surface area (Å²) < 4.78 is 36.2. The number of carbonyl (C=O) groups is 2. The number of esters is 1. The van der Waals surface area contributed by atoms with Crippen molar-refractivity contribution >= 4 is 33.4 Å². The summed E-state index contributed by atoms with van der Waals surface area (Å²) in [5.74, 6) is -0.555. The molecule has 0 saturated carbocycles. The number of rotatable bonds is 6. The SMILES string of the molecule is Cc1cc(NC(=O)C(OC(=O)c2ccc3c(c2)CC(C)N3S(C)(=O)=O)c2ccccc2)no1. The van der Waals surface area contributed by atoms with Crippen LogP contribution in [-0.2, 0) is 26.0 Å². The van der Waals surface area contributed by atoms with E-state index in [2.05, 4.69) is 10.5 Å². The Morgan fingerprint density at radius 3 is 2.55 bits per heavy atom. The molecule has 4 rings (SSSR count). The Morgan fingerprint density at radius 2 is 1.91 bits per heavy atom. The zero-order valence-electron chi connectivity index (χ0n) is 18.3. The van der Waals surface area contributed by atoms with Crippen LogP contribution in [0.3, 0.4) is 0 Å². The number of amides is 1. The van der Waals surface area contributed by atoms with Crippen LogP contribution in [0, 0.1) is 6.92 Å². The maximum atomic E-state index is 13.0. The van der Waals surface area contributed by atoms with Gasteiger partial charge in [0.25, 0.3) is 5.91 Å². The molecular weight excluding hydrogens is 446 g/mol. The van der Waals surface area contributed by atoms with Crippen LogP contribution in [0.1, 0.15) is 40.3 Å². The number of aromatic nitrogens is 1. The zero-order valence-corrected chi connectivity index (χ0v) is 19.1. The Morgan fingerprint density at radius 1 is 1.18 bits per heavy atom. The molecule has 172 valence electrons. The molecule has 0 fully saturated rings. The van der Waals surface area contributed by atoms with Gasteiger partial charge in [0.05, 0.1) is 17.5 Å². The Hall–Kier alpha value is -3.66. The lowest BCUT2D eigenvalue weighted by atomic mass is 10.1. The molecule has 9 nitrogen and oxygen atoms in total. The number of carbonyl (C=O) groups excluding carboxylic acids is 2. The molecule has 1 aromatic heterocycles. The van der Waals surface area contributed by atoms with E-state index in [9.17, 15) is 18.0 Å². The third-order valence-electron chi connectivity index (χ3n) is 5.27. The second kappa shape index (κ2) is 8.70. The van der Waals surface area contributed by atoms with E-state index in [0.717, 1.165) is 11.8 Å². The lowest BCUT2D eigenvalue weighted by Gasteiger charge is -2.22. The van der Waals surface area contributed by atoms with Crippen molar-refractivity contribution < 1.29 is 27.3 Å². The Bertz CT molecular complexity index is 1300. The fourth-order valence-corrected chi connectivity index (χ4v) is 5.19. The summed E-state index contributed by atoms with van der Waals surface area (Å²) >= 11 is 0. The van der Waals surface area contributed by atoms with Crippen LogP contribution in [0.4, 0.5) is 11.5 Å². The van der Waals surface area contributed by atoms with Gasteiger partial charge < -0.3 is 14.6 Å². The molecule has 0 radical (unpaired) electrons. The molecule has 2 heterocycles. The average Bonchev–Trinajstić information content (AvgIpc) is 3.32. The number of ether oxygens (including phenoxy) is 1. The monoisotopic (exact) mass is 469 g/mol. The van der Waals surface area contributed by atoms with E-state index in [1.807, 2.05) is 0 Å². The highest BCUT2D eigenvalue weighted by molar-refractivity contribution is 7.92. The van der Waals surface area contributed by atoms with Crippen molar-refractivity contribution in [1.82, 2.24) is 5.16 Å². The first-order chi connectivity index (χ1) is 15.6. The number of hydrogen-bond donors (Lipinski definition) is 1. The number of fused-ring (bicyclic) bond motifs is 1. The Kier molecular flexibility index (Phi) is 5.94. The molecule has 33 heavy (non-hydrogen) atoms. The maximum Gasteiger partial charge on any atom is 0.339 e. The topological polar surface area (TPSA) is 119 Å². The number of benzene rings is 2. The Labute approximate surface area is 191 Å². The van der Waals surface area contributed by atoms with Gasteiger partial charge in [-0.3, -0.25) is 9.10 Å². The molecule has 2 aromatic carbocycles. The molecule has 0 saturated heterocycles. The first kappa shape index (κ1) is 22.5. The van der Waals surface area contributed by atoms with Crippen molar-refractivity contribution in [3.05, 3.63) is 77.0 Å². The second-order valence-electron chi connectivity index (χ2n) is 7.96. The number of anilines is 2. The van der Waals surface area contributed by atoms with E-state index in [-0.39, 0.29) is 17.4 Å². The van der Waals surface area contributed by atoms with Gasteiger partial charge in [-0.2, -0.15) is 0 Å². The number of aryl methyl sites for hydroxylation is 1. The van der Waals surface area contributed by atoms with Crippen LogP contribution < -0.4 is 9.62 Å². The maximum absolute atomic E-state index is 13.0. The highest BCUT2D eigenvalue weighted by atomic mass is 32.2. The lowest BCUT2D eigenvalue weighted by Crippen LogP contribution is -2.34. The fraction of sp³-hybridized carbons (Fsp3) is 0.261. The summed E-state index contributed by atoms with van der Waals surface area (Å²) in [5, 5.41) is 6.33. The predicted octanol–water partition coefficient (Wildman–Crippen LogP) is 3.23. The molecule has 0 spiro atoms. The number of hydrogen-bond acceptors (Lipinski definition) is 7. The highest BCUT2D eigenvalue weighted by Gasteiger charge is 2.33. The van der Waals surface area contributed by atoms with Crippen LogP contribution in [-0.4, -0.2) is 37.7 Å². The van der Waals surface area contributed by atoms with Crippen molar-refractivity contribution in [3.8, 4) is 0 Å². The van der Waals surface area contributed by atoms with Crippen LogP contribution in [0.25, 0.3) is 0 Å². The van der Waals surface area contributed by atoms with Crippen molar-refractivity contribution in [2.24, 2.45) is 0 Å². The molecule has 0 aliphatic carbocycles. The van der Waals surface area contributed by atoms with Crippen molar-refractivity contribution in [3.63, 3.8) is 0 Å². The van der Waals surface area contributed by atoms with Crippen LogP contribution in [0.5, 0.6) is 0 Å². The molecule has 1 aliphatic heterocycles. The molecule has 1 N–H and O–H groups in total. The summed E-state index contributed by atoms with van der Waals surface area (Å²) in [6.07, 6.45) is 0.396. The summed E-state index contributed by atoms with van der Waals surface area (Å²) in [7, 11) is -3.44. The van der Waals surface area contributed by atoms with Gasteiger partial charge in [0.1, 0.15) is 5.76 Å². The minimum atomic E-state index is -3.44. The van der Waals surface area contributed by atoms with Crippen molar-refractivity contribution in [1.29, 1.82) is 0 Å². The van der Waals surface area contributed by atoms with Crippen molar-refractivity contribution in [2.45, 2.75) is 32.4 Å². The molecule has 1 aliphatic rings. The van der Waals surface area contributed by atoms with E-state index in [1.54, 1.807) is 62.4 Å². The van der Waals surface area contributed by atoms with E-state index in [4.69, 9.17) is 9.26 Å². The minimum Gasteiger partial charge on any atom is -0.444 e. The van der Waals surface area contributed by atoms with Gasteiger partial charge in [-0.05, 0) is 44.0 Å². The quantitative estimate of drug-likeness (QED) is 0.551. The zero-order chi connectivity index (χ0) is 23.8. The fourth-order valence-electron chi connectivity index (χ4n) is 3.93. The van der Waals surface area contributed by atoms with Crippen LogP contribution in [0.15, 0.2) is 59.1 Å². The van der Waals surface area contributed by atoms with Gasteiger partial charge in [0.2, 0.25) is 16.1 Å². The first-order valence-corrected chi connectivity index (χ1v) is 12.1. The number of sulfonamides is 1. The molecular formula is C23H23N3O6S. The average molecular weight is 470 g/mol. The summed E-state index contributed by atoms with van der Waals surface area (Å²) in [5.41, 5.74) is 1.98. The summed E-state index contributed by atoms with van der Waals surface area (Å²) in [6.45, 7) is 3.50. The van der Waals surface area contributed by atoms with Gasteiger partial charge in [-0.15, -0.1) is 0 Å². The van der Waals surface area contributed by atoms with Gasteiger partial charge in [-0.1, -0.05) is 35.5 Å². The Balaban J connectivity index is 1.59. The van der Waals surface area contributed by atoms with E-state index in [1.165, 1.54) is 10.4 Å². The number of nitrogens with one attached hydrogen (secondary N) is 1.